The summed E-state index contributed by atoms with van der Waals surface area (Å²) in [5.74, 6) is 0.835. The van der Waals surface area contributed by atoms with E-state index in [4.69, 9.17) is 10.5 Å². The second-order valence-electron chi connectivity index (χ2n) is 3.98. The van der Waals surface area contributed by atoms with Gasteiger partial charge in [0, 0.05) is 13.7 Å². The monoisotopic (exact) mass is 219 g/mol. The number of imidazole rings is 1. The van der Waals surface area contributed by atoms with Crippen molar-refractivity contribution in [1.29, 1.82) is 0 Å². The Morgan fingerprint density at radius 3 is 3.00 bits per heavy atom. The van der Waals surface area contributed by atoms with Gasteiger partial charge >= 0.3 is 0 Å². The molecule has 1 aromatic carbocycles. The van der Waals surface area contributed by atoms with Gasteiger partial charge in [0.15, 0.2) is 0 Å². The van der Waals surface area contributed by atoms with Gasteiger partial charge in [0.25, 0.3) is 0 Å². The van der Waals surface area contributed by atoms with E-state index in [1.54, 1.807) is 7.11 Å². The zero-order valence-corrected chi connectivity index (χ0v) is 9.66. The minimum absolute atomic E-state index is 0.0910. The maximum Gasteiger partial charge on any atom is 0.124 e. The zero-order chi connectivity index (χ0) is 11.5. The lowest BCUT2D eigenvalue weighted by atomic mass is 10.2. The number of nitrogens with one attached hydrogen (secondary N) is 1. The van der Waals surface area contributed by atoms with Gasteiger partial charge in [-0.25, -0.2) is 4.98 Å². The number of benzene rings is 1. The number of rotatable bonds is 4. The number of aromatic amines is 1. The van der Waals surface area contributed by atoms with Crippen LogP contribution in [0.5, 0.6) is 0 Å². The van der Waals surface area contributed by atoms with Gasteiger partial charge in [-0.2, -0.15) is 0 Å². The summed E-state index contributed by atoms with van der Waals surface area (Å²) in [5, 5.41) is 0. The fourth-order valence-electron chi connectivity index (χ4n) is 1.75. The van der Waals surface area contributed by atoms with Gasteiger partial charge in [0.05, 0.1) is 17.1 Å². The molecule has 0 aliphatic rings. The molecule has 2 aromatic rings. The largest absolute Gasteiger partial charge is 0.385 e. The summed E-state index contributed by atoms with van der Waals surface area (Å²) in [7, 11) is 1.68. The third-order valence-electron chi connectivity index (χ3n) is 2.72. The minimum atomic E-state index is -0.0910. The highest BCUT2D eigenvalue weighted by Crippen LogP contribution is 2.19. The van der Waals surface area contributed by atoms with Crippen LogP contribution in [0.2, 0.25) is 0 Å². The molecule has 0 amide bonds. The van der Waals surface area contributed by atoms with E-state index < -0.39 is 0 Å². The Hall–Kier alpha value is -1.39. The van der Waals surface area contributed by atoms with Crippen molar-refractivity contribution in [3.63, 3.8) is 0 Å². The molecule has 0 fully saturated rings. The van der Waals surface area contributed by atoms with Crippen LogP contribution in [0, 0.1) is 6.92 Å². The molecule has 4 nitrogen and oxygen atoms in total. The average molecular weight is 219 g/mol. The Morgan fingerprint density at radius 1 is 1.50 bits per heavy atom. The molecule has 2 rings (SSSR count). The fraction of sp³-hybridized carbons (Fsp3) is 0.417. The Kier molecular flexibility index (Phi) is 3.22. The Balaban J connectivity index is 2.29. The third-order valence-corrected chi connectivity index (χ3v) is 2.72. The molecule has 86 valence electrons. The quantitative estimate of drug-likeness (QED) is 0.825. The van der Waals surface area contributed by atoms with E-state index in [1.165, 1.54) is 5.56 Å². The van der Waals surface area contributed by atoms with Crippen LogP contribution in [0.3, 0.4) is 0 Å². The lowest BCUT2D eigenvalue weighted by Crippen LogP contribution is -2.14. The molecule has 0 radical (unpaired) electrons. The summed E-state index contributed by atoms with van der Waals surface area (Å²) >= 11 is 0. The van der Waals surface area contributed by atoms with Gasteiger partial charge in [0.1, 0.15) is 5.82 Å². The van der Waals surface area contributed by atoms with E-state index in [2.05, 4.69) is 9.97 Å². The van der Waals surface area contributed by atoms with Crippen LogP contribution < -0.4 is 5.73 Å². The summed E-state index contributed by atoms with van der Waals surface area (Å²) in [6, 6.07) is 5.99. The summed E-state index contributed by atoms with van der Waals surface area (Å²) in [6.45, 7) is 2.70. The highest BCUT2D eigenvalue weighted by molar-refractivity contribution is 5.78. The molecule has 0 aliphatic carbocycles. The van der Waals surface area contributed by atoms with E-state index in [9.17, 15) is 0 Å². The number of hydrogen-bond donors (Lipinski definition) is 2. The normalized spacial score (nSPS) is 13.2. The van der Waals surface area contributed by atoms with E-state index in [0.717, 1.165) is 23.3 Å². The standard InChI is InChI=1S/C12H17N3O/c1-8-4-3-5-10-11(8)15-12(14-10)9(13)6-7-16-2/h3-5,9H,6-7,13H2,1-2H3,(H,14,15). The third kappa shape index (κ3) is 2.08. The van der Waals surface area contributed by atoms with Gasteiger partial charge in [0.2, 0.25) is 0 Å². The molecule has 0 saturated heterocycles. The molecule has 3 N–H and O–H groups in total. The van der Waals surface area contributed by atoms with Gasteiger partial charge in [-0.05, 0) is 25.0 Å². The maximum absolute atomic E-state index is 6.02. The maximum atomic E-state index is 6.02. The van der Waals surface area contributed by atoms with E-state index in [1.807, 2.05) is 25.1 Å². The molecular formula is C12H17N3O. The first-order valence-electron chi connectivity index (χ1n) is 5.42. The summed E-state index contributed by atoms with van der Waals surface area (Å²) in [5.41, 5.74) is 9.24. The first kappa shape index (κ1) is 11.1. The van der Waals surface area contributed by atoms with E-state index >= 15 is 0 Å². The lowest BCUT2D eigenvalue weighted by molar-refractivity contribution is 0.187. The number of fused-ring (bicyclic) bond motifs is 1. The molecular weight excluding hydrogens is 202 g/mol. The molecule has 1 unspecified atom stereocenters. The highest BCUT2D eigenvalue weighted by atomic mass is 16.5. The van der Waals surface area contributed by atoms with Crippen molar-refractivity contribution < 1.29 is 4.74 Å². The van der Waals surface area contributed by atoms with E-state index in [-0.39, 0.29) is 6.04 Å². The van der Waals surface area contributed by atoms with Crippen molar-refractivity contribution >= 4 is 11.0 Å². The van der Waals surface area contributed by atoms with Gasteiger partial charge < -0.3 is 15.5 Å². The summed E-state index contributed by atoms with van der Waals surface area (Å²) < 4.78 is 5.01. The van der Waals surface area contributed by atoms with Crippen LogP contribution in [0.25, 0.3) is 11.0 Å². The van der Waals surface area contributed by atoms with Crippen LogP contribution in [0.1, 0.15) is 23.9 Å². The Bertz CT molecular complexity index is 478. The number of H-pyrrole nitrogens is 1. The molecule has 0 aliphatic heterocycles. The van der Waals surface area contributed by atoms with Crippen LogP contribution in [0.4, 0.5) is 0 Å². The van der Waals surface area contributed by atoms with Crippen LogP contribution in [-0.2, 0) is 4.74 Å². The second-order valence-corrected chi connectivity index (χ2v) is 3.98. The number of para-hydroxylation sites is 1. The SMILES string of the molecule is COCCC(N)c1nc2c(C)cccc2[nH]1. The van der Waals surface area contributed by atoms with Crippen molar-refractivity contribution in [2.45, 2.75) is 19.4 Å². The van der Waals surface area contributed by atoms with Gasteiger partial charge in [-0.3, -0.25) is 0 Å². The Morgan fingerprint density at radius 2 is 2.31 bits per heavy atom. The first-order valence-corrected chi connectivity index (χ1v) is 5.42. The number of aryl methyl sites for hydroxylation is 1. The molecule has 0 bridgehead atoms. The molecule has 16 heavy (non-hydrogen) atoms. The number of methoxy groups -OCH3 is 1. The number of nitrogens with two attached hydrogens (primary N) is 1. The number of aromatic nitrogens is 2. The fourth-order valence-corrected chi connectivity index (χ4v) is 1.75. The van der Waals surface area contributed by atoms with E-state index in [0.29, 0.717) is 6.61 Å². The minimum Gasteiger partial charge on any atom is -0.385 e. The van der Waals surface area contributed by atoms with Crippen LogP contribution in [-0.4, -0.2) is 23.7 Å². The van der Waals surface area contributed by atoms with Crippen molar-refractivity contribution in [3.8, 4) is 0 Å². The predicted octanol–water partition coefficient (Wildman–Crippen LogP) is 1.91. The summed E-state index contributed by atoms with van der Waals surface area (Å²) in [6.07, 6.45) is 0.773. The number of ether oxygens (including phenoxy) is 1. The predicted molar refractivity (Wildman–Crippen MR) is 64.3 cm³/mol. The Labute approximate surface area is 94.8 Å². The zero-order valence-electron chi connectivity index (χ0n) is 9.66. The van der Waals surface area contributed by atoms with Crippen LogP contribution >= 0.6 is 0 Å². The van der Waals surface area contributed by atoms with Crippen molar-refractivity contribution in [2.75, 3.05) is 13.7 Å². The lowest BCUT2D eigenvalue weighted by Gasteiger charge is -2.06. The van der Waals surface area contributed by atoms with Gasteiger partial charge in [-0.15, -0.1) is 0 Å². The van der Waals surface area contributed by atoms with Gasteiger partial charge in [-0.1, -0.05) is 12.1 Å². The van der Waals surface area contributed by atoms with Crippen molar-refractivity contribution in [3.05, 3.63) is 29.6 Å². The van der Waals surface area contributed by atoms with Crippen LogP contribution in [0.15, 0.2) is 18.2 Å². The molecule has 0 spiro atoms. The first-order chi connectivity index (χ1) is 7.72. The number of hydrogen-bond acceptors (Lipinski definition) is 3. The smallest absolute Gasteiger partial charge is 0.124 e. The molecule has 4 heteroatoms. The highest BCUT2D eigenvalue weighted by Gasteiger charge is 2.11. The topological polar surface area (TPSA) is 63.9 Å². The van der Waals surface area contributed by atoms with Crippen molar-refractivity contribution in [1.82, 2.24) is 9.97 Å². The second kappa shape index (κ2) is 4.63. The summed E-state index contributed by atoms with van der Waals surface area (Å²) in [4.78, 5) is 7.78. The average Bonchev–Trinajstić information content (AvgIpc) is 2.71. The van der Waals surface area contributed by atoms with Crippen molar-refractivity contribution in [2.24, 2.45) is 5.73 Å². The molecule has 0 saturated carbocycles. The molecule has 1 aromatic heterocycles. The number of nitrogens with zero attached hydrogens (tertiary/aromatic N) is 1. The molecule has 1 heterocycles. The molecule has 1 atom stereocenters.